The zero-order valence-electron chi connectivity index (χ0n) is 13.8. The number of hydrogen-bond donors (Lipinski definition) is 3. The zero-order chi connectivity index (χ0) is 15.7. The minimum Gasteiger partial charge on any atom is -0.388 e. The van der Waals surface area contributed by atoms with E-state index in [2.05, 4.69) is 27.5 Å². The first-order chi connectivity index (χ1) is 9.73. The summed E-state index contributed by atoms with van der Waals surface area (Å²) >= 11 is 0. The van der Waals surface area contributed by atoms with Gasteiger partial charge < -0.3 is 15.7 Å². The van der Waals surface area contributed by atoms with E-state index in [4.69, 9.17) is 0 Å². The van der Waals surface area contributed by atoms with E-state index in [1.165, 1.54) is 12.8 Å². The average Bonchev–Trinajstić information content (AvgIpc) is 3.18. The molecule has 2 rings (SSSR count). The Morgan fingerprint density at radius 2 is 1.81 bits per heavy atom. The second kappa shape index (κ2) is 5.79. The van der Waals surface area contributed by atoms with Gasteiger partial charge in [-0.2, -0.15) is 0 Å². The second-order valence-electron chi connectivity index (χ2n) is 7.01. The van der Waals surface area contributed by atoms with Crippen molar-refractivity contribution >= 4 is 11.6 Å². The highest BCUT2D eigenvalue weighted by Crippen LogP contribution is 2.39. The molecule has 0 unspecified atom stereocenters. The fraction of sp³-hybridized carbons (Fsp3) is 0.750. The highest BCUT2D eigenvalue weighted by atomic mass is 16.3. The first-order valence-electron chi connectivity index (χ1n) is 7.86. The Morgan fingerprint density at radius 3 is 2.33 bits per heavy atom. The van der Waals surface area contributed by atoms with Crippen molar-refractivity contribution in [1.29, 1.82) is 0 Å². The Kier molecular flexibility index (Phi) is 4.42. The van der Waals surface area contributed by atoms with Crippen LogP contribution in [0, 0.1) is 0 Å². The van der Waals surface area contributed by atoms with E-state index in [1.54, 1.807) is 13.8 Å². The van der Waals surface area contributed by atoms with Gasteiger partial charge in [0, 0.05) is 18.5 Å². The molecule has 1 aliphatic rings. The van der Waals surface area contributed by atoms with E-state index < -0.39 is 11.1 Å². The summed E-state index contributed by atoms with van der Waals surface area (Å²) < 4.78 is 0. The number of hydrogen-bond acceptors (Lipinski definition) is 5. The molecule has 0 bridgehead atoms. The van der Waals surface area contributed by atoms with Crippen LogP contribution in [0.15, 0.2) is 6.07 Å². The fourth-order valence-electron chi connectivity index (χ4n) is 1.87. The number of rotatable bonds is 7. The van der Waals surface area contributed by atoms with E-state index in [9.17, 15) is 5.11 Å². The summed E-state index contributed by atoms with van der Waals surface area (Å²) in [5.74, 6) is 3.05. The van der Waals surface area contributed by atoms with Gasteiger partial charge in [-0.1, -0.05) is 6.92 Å². The molecule has 0 spiro atoms. The van der Waals surface area contributed by atoms with Crippen LogP contribution < -0.4 is 10.6 Å². The molecule has 3 N–H and O–H groups in total. The van der Waals surface area contributed by atoms with Crippen molar-refractivity contribution in [2.75, 3.05) is 17.2 Å². The molecule has 0 amide bonds. The molecule has 1 fully saturated rings. The van der Waals surface area contributed by atoms with Gasteiger partial charge in [-0.3, -0.25) is 0 Å². The molecule has 1 heterocycles. The summed E-state index contributed by atoms with van der Waals surface area (Å²) in [5, 5.41) is 17.0. The Labute approximate surface area is 127 Å². The van der Waals surface area contributed by atoms with Crippen LogP contribution in [0.2, 0.25) is 0 Å². The molecule has 118 valence electrons. The summed E-state index contributed by atoms with van der Waals surface area (Å²) in [6, 6.07) is 1.93. The Hall–Kier alpha value is -1.36. The third kappa shape index (κ3) is 4.06. The van der Waals surface area contributed by atoms with Gasteiger partial charge in [-0.15, -0.1) is 0 Å². The number of aromatic nitrogens is 2. The van der Waals surface area contributed by atoms with E-state index in [1.807, 2.05) is 19.9 Å². The van der Waals surface area contributed by atoms with Crippen molar-refractivity contribution in [1.82, 2.24) is 9.97 Å². The van der Waals surface area contributed by atoms with Crippen LogP contribution in [0.4, 0.5) is 11.6 Å². The van der Waals surface area contributed by atoms with Crippen molar-refractivity contribution in [2.45, 2.75) is 70.9 Å². The second-order valence-corrected chi connectivity index (χ2v) is 7.01. The predicted octanol–water partition coefficient (Wildman–Crippen LogP) is 3.14. The summed E-state index contributed by atoms with van der Waals surface area (Å²) in [5.41, 5.74) is -1.33. The van der Waals surface area contributed by atoms with Crippen LogP contribution in [0.25, 0.3) is 0 Å². The molecular weight excluding hydrogens is 264 g/mol. The molecule has 5 heteroatoms. The predicted molar refractivity (Wildman–Crippen MR) is 86.8 cm³/mol. The SMILES string of the molecule is CCCNc1cc(NC(C)(C)C(C)(C)O)nc(C2CC2)n1. The van der Waals surface area contributed by atoms with Crippen molar-refractivity contribution in [3.63, 3.8) is 0 Å². The minimum atomic E-state index is -0.852. The first-order valence-corrected chi connectivity index (χ1v) is 7.86. The van der Waals surface area contributed by atoms with Gasteiger partial charge in [0.25, 0.3) is 0 Å². The van der Waals surface area contributed by atoms with E-state index >= 15 is 0 Å². The van der Waals surface area contributed by atoms with Crippen molar-refractivity contribution in [3.8, 4) is 0 Å². The molecule has 0 atom stereocenters. The van der Waals surface area contributed by atoms with Crippen LogP contribution in [-0.2, 0) is 0 Å². The van der Waals surface area contributed by atoms with Crippen molar-refractivity contribution in [2.24, 2.45) is 0 Å². The molecule has 1 aromatic heterocycles. The molecule has 0 saturated heterocycles. The van der Waals surface area contributed by atoms with Crippen molar-refractivity contribution in [3.05, 3.63) is 11.9 Å². The topological polar surface area (TPSA) is 70.1 Å². The smallest absolute Gasteiger partial charge is 0.136 e. The summed E-state index contributed by atoms with van der Waals surface area (Å²) in [7, 11) is 0. The van der Waals surface area contributed by atoms with Gasteiger partial charge in [-0.05, 0) is 47.0 Å². The van der Waals surface area contributed by atoms with E-state index in [-0.39, 0.29) is 0 Å². The van der Waals surface area contributed by atoms with Gasteiger partial charge >= 0.3 is 0 Å². The monoisotopic (exact) mass is 292 g/mol. The molecule has 0 radical (unpaired) electrons. The largest absolute Gasteiger partial charge is 0.388 e. The third-order valence-electron chi connectivity index (χ3n) is 4.21. The summed E-state index contributed by atoms with van der Waals surface area (Å²) in [6.45, 7) is 10.6. The number of anilines is 2. The summed E-state index contributed by atoms with van der Waals surface area (Å²) in [6.07, 6.45) is 3.40. The van der Waals surface area contributed by atoms with Crippen LogP contribution in [0.5, 0.6) is 0 Å². The molecule has 1 aromatic rings. The maximum Gasteiger partial charge on any atom is 0.136 e. The molecule has 5 nitrogen and oxygen atoms in total. The third-order valence-corrected chi connectivity index (χ3v) is 4.21. The minimum absolute atomic E-state index is 0.482. The Bertz CT molecular complexity index is 490. The van der Waals surface area contributed by atoms with E-state index in [0.717, 1.165) is 30.4 Å². The molecular formula is C16H28N4O. The number of nitrogens with one attached hydrogen (secondary N) is 2. The van der Waals surface area contributed by atoms with Gasteiger partial charge in [0.15, 0.2) is 0 Å². The van der Waals surface area contributed by atoms with Crippen LogP contribution in [0.1, 0.15) is 65.6 Å². The van der Waals surface area contributed by atoms with Crippen LogP contribution >= 0.6 is 0 Å². The van der Waals surface area contributed by atoms with Gasteiger partial charge in [-0.25, -0.2) is 9.97 Å². The van der Waals surface area contributed by atoms with Crippen molar-refractivity contribution < 1.29 is 5.11 Å². The molecule has 0 aromatic carbocycles. The van der Waals surface area contributed by atoms with E-state index in [0.29, 0.717) is 5.92 Å². The molecule has 0 aliphatic heterocycles. The lowest BCUT2D eigenvalue weighted by molar-refractivity contribution is 0.0238. The summed E-state index contributed by atoms with van der Waals surface area (Å²) in [4.78, 5) is 9.23. The Balaban J connectivity index is 2.23. The lowest BCUT2D eigenvalue weighted by Gasteiger charge is -2.38. The first kappa shape index (κ1) is 16.0. The molecule has 1 saturated carbocycles. The van der Waals surface area contributed by atoms with Gasteiger partial charge in [0.05, 0.1) is 11.1 Å². The Morgan fingerprint density at radius 1 is 1.19 bits per heavy atom. The maximum absolute atomic E-state index is 10.3. The van der Waals surface area contributed by atoms with Crippen LogP contribution in [0.3, 0.4) is 0 Å². The standard InChI is InChI=1S/C16H28N4O/c1-6-9-17-12-10-13(19-14(18-12)11-7-8-11)20-15(2,3)16(4,5)21/h10-11,21H,6-9H2,1-5H3,(H2,17,18,19,20). The molecule has 21 heavy (non-hydrogen) atoms. The molecule has 1 aliphatic carbocycles. The number of aliphatic hydroxyl groups is 1. The quantitative estimate of drug-likeness (QED) is 0.720. The highest BCUT2D eigenvalue weighted by Gasteiger charge is 2.36. The highest BCUT2D eigenvalue weighted by molar-refractivity contribution is 5.50. The van der Waals surface area contributed by atoms with Gasteiger partial charge in [0.1, 0.15) is 17.5 Å². The number of nitrogens with zero attached hydrogens (tertiary/aromatic N) is 2. The van der Waals surface area contributed by atoms with Crippen LogP contribution in [-0.4, -0.2) is 32.8 Å². The average molecular weight is 292 g/mol. The fourth-order valence-corrected chi connectivity index (χ4v) is 1.87. The normalized spacial score (nSPS) is 15.9. The lowest BCUT2D eigenvalue weighted by Crippen LogP contribution is -2.51. The maximum atomic E-state index is 10.3. The lowest BCUT2D eigenvalue weighted by atomic mass is 9.86. The van der Waals surface area contributed by atoms with Gasteiger partial charge in [0.2, 0.25) is 0 Å². The zero-order valence-corrected chi connectivity index (χ0v) is 13.8.